The van der Waals surface area contributed by atoms with E-state index >= 15 is 0 Å². The van der Waals surface area contributed by atoms with Gasteiger partial charge in [-0.05, 0) is 18.2 Å². The zero-order chi connectivity index (χ0) is 19.8. The van der Waals surface area contributed by atoms with E-state index in [-0.39, 0.29) is 5.56 Å². The van der Waals surface area contributed by atoms with Crippen LogP contribution in [0.4, 0.5) is 0 Å². The smallest absolute Gasteiger partial charge is 0.262 e. The Morgan fingerprint density at radius 2 is 2.00 bits per heavy atom. The van der Waals surface area contributed by atoms with Crippen molar-refractivity contribution in [3.05, 3.63) is 58.2 Å². The van der Waals surface area contributed by atoms with Gasteiger partial charge in [-0.3, -0.25) is 9.69 Å². The van der Waals surface area contributed by atoms with Crippen molar-refractivity contribution in [3.8, 4) is 11.3 Å². The number of benzene rings is 1. The van der Waals surface area contributed by atoms with Crippen molar-refractivity contribution in [2.45, 2.75) is 6.54 Å². The van der Waals surface area contributed by atoms with Crippen LogP contribution in [0, 0.1) is 0 Å². The van der Waals surface area contributed by atoms with Gasteiger partial charge in [-0.1, -0.05) is 23.7 Å². The molecule has 3 aromatic heterocycles. The van der Waals surface area contributed by atoms with Crippen LogP contribution in [0.5, 0.6) is 0 Å². The molecule has 5 rings (SSSR count). The molecule has 8 nitrogen and oxygen atoms in total. The number of aromatic nitrogens is 5. The van der Waals surface area contributed by atoms with E-state index in [1.807, 2.05) is 24.3 Å². The number of hydrogen-bond donors (Lipinski definition) is 0. The van der Waals surface area contributed by atoms with Gasteiger partial charge in [-0.2, -0.15) is 14.6 Å². The van der Waals surface area contributed by atoms with Crippen LogP contribution >= 0.6 is 11.6 Å². The van der Waals surface area contributed by atoms with Gasteiger partial charge >= 0.3 is 0 Å². The molecular weight excluding hydrogens is 392 g/mol. The molecule has 0 unspecified atom stereocenters. The van der Waals surface area contributed by atoms with Crippen LogP contribution in [0.2, 0.25) is 5.02 Å². The first-order chi connectivity index (χ1) is 14.2. The van der Waals surface area contributed by atoms with E-state index in [4.69, 9.17) is 16.3 Å². The fourth-order valence-corrected chi connectivity index (χ4v) is 3.91. The Balaban J connectivity index is 1.65. The van der Waals surface area contributed by atoms with Crippen molar-refractivity contribution < 1.29 is 4.74 Å². The van der Waals surface area contributed by atoms with Crippen LogP contribution in [0.15, 0.2) is 47.7 Å². The number of hydrogen-bond acceptors (Lipinski definition) is 6. The minimum Gasteiger partial charge on any atom is -0.379 e. The van der Waals surface area contributed by atoms with Crippen LogP contribution in [0.1, 0.15) is 0 Å². The lowest BCUT2D eigenvalue weighted by molar-refractivity contribution is 0.0363. The molecule has 4 heterocycles. The number of morpholine rings is 1. The molecule has 1 fully saturated rings. The van der Waals surface area contributed by atoms with Gasteiger partial charge < -0.3 is 9.30 Å². The van der Waals surface area contributed by atoms with Gasteiger partial charge in [0.1, 0.15) is 6.33 Å². The number of ether oxygens (including phenoxy) is 1. The number of nitrogens with zero attached hydrogens (tertiary/aromatic N) is 6. The molecule has 1 aliphatic rings. The Labute approximate surface area is 171 Å². The fraction of sp³-hybridized carbons (Fsp3) is 0.300. The second-order valence-electron chi connectivity index (χ2n) is 6.97. The first-order valence-electron chi connectivity index (χ1n) is 9.49. The highest BCUT2D eigenvalue weighted by Crippen LogP contribution is 2.27. The second-order valence-corrected chi connectivity index (χ2v) is 7.41. The Kier molecular flexibility index (Phi) is 4.75. The normalized spacial score (nSPS) is 15.3. The first kappa shape index (κ1) is 18.2. The number of pyridine rings is 1. The highest BCUT2D eigenvalue weighted by Gasteiger charge is 2.18. The summed E-state index contributed by atoms with van der Waals surface area (Å²) in [4.78, 5) is 24.5. The van der Waals surface area contributed by atoms with Crippen molar-refractivity contribution in [3.63, 3.8) is 0 Å². The Morgan fingerprint density at radius 3 is 2.83 bits per heavy atom. The minimum atomic E-state index is -0.101. The fourth-order valence-electron chi connectivity index (χ4n) is 3.72. The molecule has 148 valence electrons. The molecule has 9 heteroatoms. The molecule has 0 atom stereocenters. The van der Waals surface area contributed by atoms with E-state index < -0.39 is 0 Å². The van der Waals surface area contributed by atoms with Crippen LogP contribution in [-0.2, 0) is 11.3 Å². The minimum absolute atomic E-state index is 0.101. The average Bonchev–Trinajstić information content (AvgIpc) is 3.21. The number of rotatable bonds is 4. The molecule has 1 aromatic carbocycles. The van der Waals surface area contributed by atoms with Gasteiger partial charge in [0.05, 0.1) is 29.8 Å². The summed E-state index contributed by atoms with van der Waals surface area (Å²) in [5.41, 5.74) is 1.93. The third-order valence-electron chi connectivity index (χ3n) is 5.20. The van der Waals surface area contributed by atoms with Crippen LogP contribution in [-0.4, -0.2) is 61.9 Å². The summed E-state index contributed by atoms with van der Waals surface area (Å²) >= 11 is 6.22. The number of fused-ring (bicyclic) bond motifs is 2. The van der Waals surface area contributed by atoms with Crippen LogP contribution in [0.3, 0.4) is 0 Å². The molecule has 0 bridgehead atoms. The lowest BCUT2D eigenvalue weighted by atomic mass is 10.1. The van der Waals surface area contributed by atoms with E-state index in [9.17, 15) is 4.79 Å². The lowest BCUT2D eigenvalue weighted by Crippen LogP contribution is -2.39. The van der Waals surface area contributed by atoms with E-state index in [1.54, 1.807) is 21.3 Å². The highest BCUT2D eigenvalue weighted by molar-refractivity contribution is 6.30. The summed E-state index contributed by atoms with van der Waals surface area (Å²) in [6, 6.07) is 9.24. The Hall–Kier alpha value is -2.81. The average molecular weight is 411 g/mol. The van der Waals surface area contributed by atoms with Crippen molar-refractivity contribution >= 4 is 28.3 Å². The highest BCUT2D eigenvalue weighted by atomic mass is 35.5. The maximum absolute atomic E-state index is 13.4. The van der Waals surface area contributed by atoms with Crippen LogP contribution in [0.25, 0.3) is 27.9 Å². The molecule has 29 heavy (non-hydrogen) atoms. The topological polar surface area (TPSA) is 77.6 Å². The summed E-state index contributed by atoms with van der Waals surface area (Å²) in [7, 11) is 0. The van der Waals surface area contributed by atoms with Crippen molar-refractivity contribution in [2.24, 2.45) is 0 Å². The molecule has 1 aliphatic heterocycles. The molecule has 0 saturated carbocycles. The second kappa shape index (κ2) is 7.55. The van der Waals surface area contributed by atoms with Gasteiger partial charge in [0, 0.05) is 43.0 Å². The van der Waals surface area contributed by atoms with Crippen molar-refractivity contribution in [1.82, 2.24) is 29.0 Å². The third kappa shape index (κ3) is 3.39. The molecular formula is C20H19ClN6O2. The molecule has 0 N–H and O–H groups in total. The van der Waals surface area contributed by atoms with Gasteiger partial charge in [0.15, 0.2) is 0 Å². The SMILES string of the molecule is O=c1c2c(-c3cccc(Cl)c3)n3ncnc3nc2ccn1CCN1CCOCC1. The van der Waals surface area contributed by atoms with Gasteiger partial charge in [-0.25, -0.2) is 4.98 Å². The lowest BCUT2D eigenvalue weighted by Gasteiger charge is -2.26. The first-order valence-corrected chi connectivity index (χ1v) is 9.87. The summed E-state index contributed by atoms with van der Waals surface area (Å²) in [6.45, 7) is 4.63. The molecule has 0 radical (unpaired) electrons. The predicted octanol–water partition coefficient (Wildman–Crippen LogP) is 2.09. The summed E-state index contributed by atoms with van der Waals surface area (Å²) in [5, 5.41) is 5.39. The van der Waals surface area contributed by atoms with E-state index in [0.717, 1.165) is 38.4 Å². The van der Waals surface area contributed by atoms with Crippen molar-refractivity contribution in [1.29, 1.82) is 0 Å². The maximum Gasteiger partial charge on any atom is 0.262 e. The van der Waals surface area contributed by atoms with E-state index in [0.29, 0.717) is 33.9 Å². The van der Waals surface area contributed by atoms with Crippen LogP contribution < -0.4 is 5.56 Å². The third-order valence-corrected chi connectivity index (χ3v) is 5.44. The summed E-state index contributed by atoms with van der Waals surface area (Å²) in [6.07, 6.45) is 3.24. The zero-order valence-corrected chi connectivity index (χ0v) is 16.4. The molecule has 0 spiro atoms. The molecule has 0 aliphatic carbocycles. The quantitative estimate of drug-likeness (QED) is 0.512. The summed E-state index contributed by atoms with van der Waals surface area (Å²) < 4.78 is 8.73. The van der Waals surface area contributed by atoms with E-state index in [1.165, 1.54) is 6.33 Å². The monoisotopic (exact) mass is 410 g/mol. The Morgan fingerprint density at radius 1 is 1.14 bits per heavy atom. The number of halogens is 1. The van der Waals surface area contributed by atoms with Gasteiger partial charge in [0.25, 0.3) is 11.3 Å². The van der Waals surface area contributed by atoms with Gasteiger partial charge in [0.2, 0.25) is 0 Å². The van der Waals surface area contributed by atoms with Crippen molar-refractivity contribution in [2.75, 3.05) is 32.8 Å². The molecule has 0 amide bonds. The largest absolute Gasteiger partial charge is 0.379 e. The summed E-state index contributed by atoms with van der Waals surface area (Å²) in [5.74, 6) is 0.443. The standard InChI is InChI=1S/C20H19ClN6O2/c21-15-3-1-2-14(12-15)18-17-16(24-20-22-13-23-27(18)20)4-5-26(19(17)28)7-6-25-8-10-29-11-9-25/h1-5,12-13H,6-11H2. The molecule has 1 saturated heterocycles. The zero-order valence-electron chi connectivity index (χ0n) is 15.7. The Bertz CT molecular complexity index is 1240. The maximum atomic E-state index is 13.4. The van der Waals surface area contributed by atoms with Gasteiger partial charge in [-0.15, -0.1) is 0 Å². The predicted molar refractivity (Wildman–Crippen MR) is 110 cm³/mol. The van der Waals surface area contributed by atoms with E-state index in [2.05, 4.69) is 20.0 Å². The molecule has 4 aromatic rings.